The summed E-state index contributed by atoms with van der Waals surface area (Å²) >= 11 is 0. The summed E-state index contributed by atoms with van der Waals surface area (Å²) in [6.45, 7) is 0. The third-order valence-corrected chi connectivity index (χ3v) is 3.41. The van der Waals surface area contributed by atoms with Gasteiger partial charge in [-0.2, -0.15) is 4.98 Å². The van der Waals surface area contributed by atoms with E-state index >= 15 is 0 Å². The summed E-state index contributed by atoms with van der Waals surface area (Å²) < 4.78 is 13.6. The Morgan fingerprint density at radius 2 is 1.83 bits per heavy atom. The van der Waals surface area contributed by atoms with Crippen LogP contribution in [-0.4, -0.2) is 23.1 Å². The van der Waals surface area contributed by atoms with Crippen molar-refractivity contribution in [2.75, 3.05) is 17.7 Å². The van der Waals surface area contributed by atoms with Crippen LogP contribution >= 0.6 is 0 Å². The fraction of sp³-hybridized carbons (Fsp3) is 0.692. The second-order valence-corrected chi connectivity index (χ2v) is 4.83. The van der Waals surface area contributed by atoms with Gasteiger partial charge in [0, 0.05) is 13.1 Å². The first-order valence-electron chi connectivity index (χ1n) is 6.76. The van der Waals surface area contributed by atoms with E-state index < -0.39 is 0 Å². The molecule has 0 saturated heterocycles. The van der Waals surface area contributed by atoms with Gasteiger partial charge in [-0.3, -0.25) is 0 Å². The van der Waals surface area contributed by atoms with Crippen molar-refractivity contribution < 1.29 is 4.39 Å². The van der Waals surface area contributed by atoms with Crippen LogP contribution in [0.3, 0.4) is 0 Å². The summed E-state index contributed by atoms with van der Waals surface area (Å²) in [5.74, 6) is 0.390. The molecule has 1 fully saturated rings. The van der Waals surface area contributed by atoms with Crippen LogP contribution in [0.15, 0.2) is 6.20 Å². The molecule has 1 aromatic rings. The quantitative estimate of drug-likeness (QED) is 0.867. The first kappa shape index (κ1) is 13.1. The Labute approximate surface area is 107 Å². The summed E-state index contributed by atoms with van der Waals surface area (Å²) in [5, 5.41) is 6.05. The van der Waals surface area contributed by atoms with Gasteiger partial charge in [-0.05, 0) is 12.8 Å². The molecule has 2 rings (SSSR count). The van der Waals surface area contributed by atoms with E-state index in [0.29, 0.717) is 17.8 Å². The zero-order valence-electron chi connectivity index (χ0n) is 10.9. The standard InChI is InChI=1S/C13H21FN4/c1-15-13-16-9-11(14)12(18-13)17-10-7-5-3-2-4-6-8-10/h9-10H,2-8H2,1H3,(H2,15,16,17,18). The number of rotatable bonds is 3. The van der Waals surface area contributed by atoms with Crippen molar-refractivity contribution in [3.63, 3.8) is 0 Å². The highest BCUT2D eigenvalue weighted by atomic mass is 19.1. The molecule has 1 saturated carbocycles. The van der Waals surface area contributed by atoms with E-state index in [4.69, 9.17) is 0 Å². The van der Waals surface area contributed by atoms with Crippen LogP contribution in [0.1, 0.15) is 44.9 Å². The monoisotopic (exact) mass is 252 g/mol. The molecule has 1 aliphatic carbocycles. The zero-order valence-corrected chi connectivity index (χ0v) is 10.9. The second kappa shape index (κ2) is 6.52. The first-order valence-corrected chi connectivity index (χ1v) is 6.76. The lowest BCUT2D eigenvalue weighted by atomic mass is 9.97. The lowest BCUT2D eigenvalue weighted by molar-refractivity contribution is 0.468. The third-order valence-electron chi connectivity index (χ3n) is 3.41. The maximum absolute atomic E-state index is 13.6. The van der Waals surface area contributed by atoms with Crippen molar-refractivity contribution in [2.24, 2.45) is 0 Å². The molecule has 2 N–H and O–H groups in total. The molecule has 4 nitrogen and oxygen atoms in total. The molecule has 5 heteroatoms. The topological polar surface area (TPSA) is 49.8 Å². The van der Waals surface area contributed by atoms with E-state index in [9.17, 15) is 4.39 Å². The molecule has 0 unspecified atom stereocenters. The summed E-state index contributed by atoms with van der Waals surface area (Å²) in [4.78, 5) is 7.98. The average molecular weight is 252 g/mol. The van der Waals surface area contributed by atoms with Gasteiger partial charge < -0.3 is 10.6 Å². The number of nitrogens with zero attached hydrogens (tertiary/aromatic N) is 2. The van der Waals surface area contributed by atoms with Crippen molar-refractivity contribution in [2.45, 2.75) is 51.0 Å². The Morgan fingerprint density at radius 1 is 1.17 bits per heavy atom. The van der Waals surface area contributed by atoms with Crippen molar-refractivity contribution in [1.82, 2.24) is 9.97 Å². The molecule has 1 heterocycles. The smallest absolute Gasteiger partial charge is 0.224 e. The summed E-state index contributed by atoms with van der Waals surface area (Å²) in [5.41, 5.74) is 0. The van der Waals surface area contributed by atoms with E-state index in [-0.39, 0.29) is 5.82 Å². The van der Waals surface area contributed by atoms with E-state index in [2.05, 4.69) is 20.6 Å². The number of hydrogen-bond acceptors (Lipinski definition) is 4. The lowest BCUT2D eigenvalue weighted by Crippen LogP contribution is -2.22. The maximum atomic E-state index is 13.6. The average Bonchev–Trinajstić information content (AvgIpc) is 2.35. The van der Waals surface area contributed by atoms with Gasteiger partial charge in [-0.15, -0.1) is 0 Å². The Kier molecular flexibility index (Phi) is 4.73. The minimum absolute atomic E-state index is 0.319. The SMILES string of the molecule is CNc1ncc(F)c(NC2CCCCCCC2)n1. The minimum atomic E-state index is -0.379. The molecule has 0 radical (unpaired) electrons. The predicted octanol–water partition coefficient (Wildman–Crippen LogP) is 3.18. The van der Waals surface area contributed by atoms with Crippen LogP contribution in [0.2, 0.25) is 0 Å². The van der Waals surface area contributed by atoms with Gasteiger partial charge in [-0.1, -0.05) is 32.1 Å². The summed E-state index contributed by atoms with van der Waals surface area (Å²) in [7, 11) is 1.73. The second-order valence-electron chi connectivity index (χ2n) is 4.83. The van der Waals surface area contributed by atoms with Crippen molar-refractivity contribution in [3.05, 3.63) is 12.0 Å². The summed E-state index contributed by atoms with van der Waals surface area (Å²) in [6.07, 6.45) is 9.73. The fourth-order valence-corrected chi connectivity index (χ4v) is 2.38. The summed E-state index contributed by atoms with van der Waals surface area (Å²) in [6, 6.07) is 0.333. The Bertz CT molecular complexity index is 375. The fourth-order valence-electron chi connectivity index (χ4n) is 2.38. The molecule has 1 aliphatic rings. The minimum Gasteiger partial charge on any atom is -0.365 e. The van der Waals surface area contributed by atoms with Gasteiger partial charge >= 0.3 is 0 Å². The van der Waals surface area contributed by atoms with Crippen LogP contribution in [0, 0.1) is 5.82 Å². The Hall–Kier alpha value is -1.39. The van der Waals surface area contributed by atoms with Crippen LogP contribution < -0.4 is 10.6 Å². The van der Waals surface area contributed by atoms with Crippen molar-refractivity contribution in [1.29, 1.82) is 0 Å². The molecule has 0 aromatic carbocycles. The largest absolute Gasteiger partial charge is 0.365 e. The molecule has 0 spiro atoms. The van der Waals surface area contributed by atoms with Crippen LogP contribution in [0.5, 0.6) is 0 Å². The third kappa shape index (κ3) is 3.55. The van der Waals surface area contributed by atoms with Crippen LogP contribution in [0.25, 0.3) is 0 Å². The molecule has 1 aromatic heterocycles. The van der Waals surface area contributed by atoms with Crippen molar-refractivity contribution >= 4 is 11.8 Å². The number of nitrogens with one attached hydrogen (secondary N) is 2. The Morgan fingerprint density at radius 3 is 2.50 bits per heavy atom. The number of anilines is 2. The van der Waals surface area contributed by atoms with Crippen molar-refractivity contribution in [3.8, 4) is 0 Å². The normalized spacial score (nSPS) is 17.9. The van der Waals surface area contributed by atoms with E-state index in [1.54, 1.807) is 7.05 Å². The number of aromatic nitrogens is 2. The van der Waals surface area contributed by atoms with E-state index in [1.807, 2.05) is 0 Å². The Balaban J connectivity index is 2.02. The van der Waals surface area contributed by atoms with E-state index in [1.165, 1.54) is 38.3 Å². The predicted molar refractivity (Wildman–Crippen MR) is 71.3 cm³/mol. The van der Waals surface area contributed by atoms with Crippen LogP contribution in [-0.2, 0) is 0 Å². The van der Waals surface area contributed by atoms with Gasteiger partial charge in [-0.25, -0.2) is 9.37 Å². The molecule has 0 bridgehead atoms. The maximum Gasteiger partial charge on any atom is 0.224 e. The molecule has 0 aliphatic heterocycles. The molecular formula is C13H21FN4. The first-order chi connectivity index (χ1) is 8.79. The van der Waals surface area contributed by atoms with Gasteiger partial charge in [0.2, 0.25) is 5.95 Å². The van der Waals surface area contributed by atoms with Gasteiger partial charge in [0.25, 0.3) is 0 Å². The molecular weight excluding hydrogens is 231 g/mol. The molecule has 0 amide bonds. The van der Waals surface area contributed by atoms with E-state index in [0.717, 1.165) is 12.8 Å². The van der Waals surface area contributed by atoms with Gasteiger partial charge in [0.05, 0.1) is 6.20 Å². The lowest BCUT2D eigenvalue weighted by Gasteiger charge is -2.21. The van der Waals surface area contributed by atoms with Gasteiger partial charge in [0.15, 0.2) is 11.6 Å². The number of halogens is 1. The van der Waals surface area contributed by atoms with Crippen LogP contribution in [0.4, 0.5) is 16.2 Å². The molecule has 0 atom stereocenters. The highest BCUT2D eigenvalue weighted by Gasteiger charge is 2.14. The van der Waals surface area contributed by atoms with Gasteiger partial charge in [0.1, 0.15) is 0 Å². The number of hydrogen-bond donors (Lipinski definition) is 2. The highest BCUT2D eigenvalue weighted by molar-refractivity contribution is 5.41. The molecule has 18 heavy (non-hydrogen) atoms. The molecule has 100 valence electrons. The zero-order chi connectivity index (χ0) is 12.8. The highest BCUT2D eigenvalue weighted by Crippen LogP contribution is 2.21.